The topological polar surface area (TPSA) is 72.7 Å². The van der Waals surface area contributed by atoms with Crippen LogP contribution in [0.15, 0.2) is 30.3 Å². The molecule has 0 saturated carbocycles. The van der Waals surface area contributed by atoms with Crippen molar-refractivity contribution in [1.29, 1.82) is 0 Å². The van der Waals surface area contributed by atoms with Crippen molar-refractivity contribution in [2.45, 2.75) is 38.0 Å². The van der Waals surface area contributed by atoms with Gasteiger partial charge >= 0.3 is 0 Å². The van der Waals surface area contributed by atoms with Gasteiger partial charge in [-0.2, -0.15) is 0 Å². The molecule has 1 aliphatic rings. The first-order chi connectivity index (χ1) is 9.13. The van der Waals surface area contributed by atoms with Gasteiger partial charge in [0, 0.05) is 11.8 Å². The van der Waals surface area contributed by atoms with Gasteiger partial charge in [-0.3, -0.25) is 15.0 Å². The van der Waals surface area contributed by atoms with E-state index < -0.39 is 12.1 Å². The van der Waals surface area contributed by atoms with Gasteiger partial charge in [0.05, 0.1) is 5.69 Å². The SMILES string of the molecule is C[C@@H]([C@H]1CC[C@H](C=O)ON1c1ccccc1)[N+](=O)[O-]. The molecule has 6 heteroatoms. The molecule has 2 rings (SSSR count). The fraction of sp³-hybridized carbons (Fsp3) is 0.462. The Morgan fingerprint density at radius 1 is 1.42 bits per heavy atom. The Labute approximate surface area is 111 Å². The highest BCUT2D eigenvalue weighted by Gasteiger charge is 2.38. The van der Waals surface area contributed by atoms with Crippen molar-refractivity contribution in [2.24, 2.45) is 0 Å². The second-order valence-electron chi connectivity index (χ2n) is 4.61. The van der Waals surface area contributed by atoms with Crippen molar-refractivity contribution in [2.75, 3.05) is 5.06 Å². The van der Waals surface area contributed by atoms with Gasteiger partial charge in [-0.1, -0.05) is 18.2 Å². The van der Waals surface area contributed by atoms with E-state index in [0.717, 1.165) is 12.0 Å². The van der Waals surface area contributed by atoms with E-state index in [1.165, 1.54) is 5.06 Å². The van der Waals surface area contributed by atoms with Crippen molar-refractivity contribution >= 4 is 12.0 Å². The summed E-state index contributed by atoms with van der Waals surface area (Å²) in [6, 6.07) is 8.02. The Morgan fingerprint density at radius 3 is 2.68 bits per heavy atom. The minimum absolute atomic E-state index is 0.314. The number of hydrogen-bond acceptors (Lipinski definition) is 5. The predicted octanol–water partition coefficient (Wildman–Crippen LogP) is 1.82. The highest BCUT2D eigenvalue weighted by Crippen LogP contribution is 2.28. The zero-order valence-corrected chi connectivity index (χ0v) is 10.6. The van der Waals surface area contributed by atoms with Crippen LogP contribution in [-0.2, 0) is 9.63 Å². The Hall–Kier alpha value is -1.95. The molecule has 0 aromatic heterocycles. The van der Waals surface area contributed by atoms with Gasteiger partial charge in [-0.15, -0.1) is 0 Å². The highest BCUT2D eigenvalue weighted by atomic mass is 16.7. The van der Waals surface area contributed by atoms with Gasteiger partial charge in [0.2, 0.25) is 6.04 Å². The van der Waals surface area contributed by atoms with Crippen LogP contribution in [-0.4, -0.2) is 29.4 Å². The summed E-state index contributed by atoms with van der Waals surface area (Å²) in [6.07, 6.45) is 1.27. The Morgan fingerprint density at radius 2 is 2.11 bits per heavy atom. The van der Waals surface area contributed by atoms with E-state index in [1.54, 1.807) is 6.92 Å². The van der Waals surface area contributed by atoms with Crippen LogP contribution in [0.5, 0.6) is 0 Å². The third-order valence-electron chi connectivity index (χ3n) is 3.35. The van der Waals surface area contributed by atoms with E-state index in [4.69, 9.17) is 4.84 Å². The summed E-state index contributed by atoms with van der Waals surface area (Å²) in [4.78, 5) is 27.1. The molecule has 1 aromatic carbocycles. The standard InChI is InChI=1S/C13H16N2O4/c1-10(15(17)18)13-8-7-12(9-16)19-14(13)11-5-3-2-4-6-11/h2-6,9-10,12-13H,7-8H2,1H3/t10-,12+,13+/m0/s1. The summed E-state index contributed by atoms with van der Waals surface area (Å²) >= 11 is 0. The lowest BCUT2D eigenvalue weighted by atomic mass is 10.00. The number of aldehydes is 1. The van der Waals surface area contributed by atoms with E-state index in [1.807, 2.05) is 30.3 Å². The zero-order chi connectivity index (χ0) is 13.8. The molecule has 1 heterocycles. The maximum absolute atomic E-state index is 11.0. The number of rotatable bonds is 4. The van der Waals surface area contributed by atoms with Gasteiger partial charge in [0.1, 0.15) is 12.1 Å². The first-order valence-corrected chi connectivity index (χ1v) is 6.23. The molecule has 1 aromatic rings. The summed E-state index contributed by atoms with van der Waals surface area (Å²) in [5, 5.41) is 12.5. The third-order valence-corrected chi connectivity index (χ3v) is 3.35. The van der Waals surface area contributed by atoms with Gasteiger partial charge in [0.25, 0.3) is 0 Å². The van der Waals surface area contributed by atoms with E-state index in [0.29, 0.717) is 12.8 Å². The molecule has 19 heavy (non-hydrogen) atoms. The summed E-state index contributed by atoms with van der Waals surface area (Å²) in [7, 11) is 0. The smallest absolute Gasteiger partial charge is 0.232 e. The molecule has 102 valence electrons. The maximum Gasteiger partial charge on any atom is 0.232 e. The maximum atomic E-state index is 11.0. The normalized spacial score (nSPS) is 24.8. The van der Waals surface area contributed by atoms with Crippen molar-refractivity contribution in [3.8, 4) is 0 Å². The lowest BCUT2D eigenvalue weighted by Gasteiger charge is -2.38. The molecule has 3 atom stereocenters. The number of nitrogens with zero attached hydrogens (tertiary/aromatic N) is 2. The van der Waals surface area contributed by atoms with E-state index in [9.17, 15) is 14.9 Å². The van der Waals surface area contributed by atoms with Crippen molar-refractivity contribution in [3.63, 3.8) is 0 Å². The van der Waals surface area contributed by atoms with Gasteiger partial charge < -0.3 is 4.79 Å². The molecule has 1 fully saturated rings. The summed E-state index contributed by atoms with van der Waals surface area (Å²) in [5.74, 6) is 0. The fourth-order valence-electron chi connectivity index (χ4n) is 2.23. The molecule has 0 bridgehead atoms. The number of carbonyl (C=O) groups excluding carboxylic acids is 1. The lowest BCUT2D eigenvalue weighted by Crippen LogP contribution is -2.51. The van der Waals surface area contributed by atoms with Crippen LogP contribution in [0, 0.1) is 10.1 Å². The molecule has 0 spiro atoms. The Bertz CT molecular complexity index is 451. The average Bonchev–Trinajstić information content (AvgIpc) is 2.46. The molecule has 0 N–H and O–H groups in total. The molecular formula is C13H16N2O4. The molecule has 1 saturated heterocycles. The van der Waals surface area contributed by atoms with Crippen LogP contribution < -0.4 is 5.06 Å². The number of para-hydroxylation sites is 1. The first kappa shape index (κ1) is 13.5. The molecule has 0 aliphatic carbocycles. The van der Waals surface area contributed by atoms with Gasteiger partial charge in [0.15, 0.2) is 6.29 Å². The highest BCUT2D eigenvalue weighted by molar-refractivity contribution is 5.57. The van der Waals surface area contributed by atoms with E-state index in [-0.39, 0.29) is 11.0 Å². The minimum atomic E-state index is -0.757. The number of hydrogen-bond donors (Lipinski definition) is 0. The third kappa shape index (κ3) is 2.90. The lowest BCUT2D eigenvalue weighted by molar-refractivity contribution is -0.523. The van der Waals surface area contributed by atoms with Crippen LogP contribution in [0.3, 0.4) is 0 Å². The van der Waals surface area contributed by atoms with Crippen LogP contribution in [0.4, 0.5) is 5.69 Å². The Balaban J connectivity index is 2.26. The predicted molar refractivity (Wildman–Crippen MR) is 69.3 cm³/mol. The zero-order valence-electron chi connectivity index (χ0n) is 10.6. The average molecular weight is 264 g/mol. The fourth-order valence-corrected chi connectivity index (χ4v) is 2.23. The van der Waals surface area contributed by atoms with Crippen LogP contribution in [0.25, 0.3) is 0 Å². The molecule has 0 radical (unpaired) electrons. The molecule has 0 unspecified atom stereocenters. The number of anilines is 1. The summed E-state index contributed by atoms with van der Waals surface area (Å²) in [6.45, 7) is 1.56. The van der Waals surface area contributed by atoms with Gasteiger partial charge in [-0.05, 0) is 25.0 Å². The largest absolute Gasteiger partial charge is 0.300 e. The molecule has 6 nitrogen and oxygen atoms in total. The van der Waals surface area contributed by atoms with Crippen molar-refractivity contribution in [3.05, 3.63) is 40.4 Å². The van der Waals surface area contributed by atoms with Crippen LogP contribution in [0.2, 0.25) is 0 Å². The molecule has 1 aliphatic heterocycles. The van der Waals surface area contributed by atoms with E-state index in [2.05, 4.69) is 0 Å². The number of nitro groups is 1. The second-order valence-corrected chi connectivity index (χ2v) is 4.61. The van der Waals surface area contributed by atoms with Crippen LogP contribution in [0.1, 0.15) is 19.8 Å². The second kappa shape index (κ2) is 5.79. The molecule has 0 amide bonds. The van der Waals surface area contributed by atoms with E-state index >= 15 is 0 Å². The minimum Gasteiger partial charge on any atom is -0.300 e. The summed E-state index contributed by atoms with van der Waals surface area (Å²) < 4.78 is 0. The van der Waals surface area contributed by atoms with Crippen molar-refractivity contribution < 1.29 is 14.6 Å². The number of benzene rings is 1. The summed E-state index contributed by atoms with van der Waals surface area (Å²) in [5.41, 5.74) is 0.729. The first-order valence-electron chi connectivity index (χ1n) is 6.23. The van der Waals surface area contributed by atoms with Crippen LogP contribution >= 0.6 is 0 Å². The van der Waals surface area contributed by atoms with Crippen molar-refractivity contribution in [1.82, 2.24) is 0 Å². The number of carbonyl (C=O) groups is 1. The monoisotopic (exact) mass is 264 g/mol. The quantitative estimate of drug-likeness (QED) is 0.471. The van der Waals surface area contributed by atoms with Gasteiger partial charge in [-0.25, -0.2) is 5.06 Å². The Kier molecular flexibility index (Phi) is 4.11. The molecular weight excluding hydrogens is 248 g/mol. The number of hydroxylamine groups is 1.